The van der Waals surface area contributed by atoms with E-state index in [-0.39, 0.29) is 107 Å². The number of phenolic OH excluding ortho intramolecular Hbond substituents is 2. The van der Waals surface area contributed by atoms with E-state index in [1.54, 1.807) is 155 Å². The Morgan fingerprint density at radius 3 is 1.52 bits per heavy atom. The number of carbonyl (C=O) groups excluding carboxylic acids is 15. The van der Waals surface area contributed by atoms with E-state index < -0.39 is 192 Å². The van der Waals surface area contributed by atoms with Crippen LogP contribution in [0.3, 0.4) is 0 Å². The van der Waals surface area contributed by atoms with Crippen LogP contribution in [-0.2, 0) is 110 Å². The normalized spacial score (nSPS) is 23.5. The predicted molar refractivity (Wildman–Crippen MR) is 492 cm³/mol. The highest BCUT2D eigenvalue weighted by Gasteiger charge is 2.47. The number of thioether (sulfide) groups is 1. The molecule has 31 nitrogen and oxygen atoms in total. The highest BCUT2D eigenvalue weighted by Crippen LogP contribution is 2.32. The number of hydrogen-bond donors (Lipinski definition) is 10. The molecule has 0 spiro atoms. The lowest BCUT2D eigenvalue weighted by atomic mass is 9.86. The van der Waals surface area contributed by atoms with Gasteiger partial charge in [0.05, 0.1) is 24.4 Å². The highest BCUT2D eigenvalue weighted by molar-refractivity contribution is 8.00. The SMILES string of the molecule is CCCC[C@H]1C(=O)N2CCC[C@@H]2C(=O)N2CCC[C@H]2C(=O)C[C@@H](C(C)C)C(=O)N(C)[C@@H](Cc2ccccc2)C(=O)N[C@@H](Cc2ccc(O)cc2)C(=O)N(C)CC(=O)N[C@@H](Cc2c[nH]c3ccccc23)C(=O)N[C@@H](Cc2ccc(O)cc2)C(=O)N[C@@H](CC(C)C)C(=O)N[C@H](C(=O)CCC(N)=O)CSCC(=O)N[C@@H](Cc2ccccc2)C(=O)N(C)[C@@H](Cc2ccccc2)C(=O)N1C. The Balaban J connectivity index is 1.03. The molecular formula is C98H124N14O17S. The Morgan fingerprint density at radius 1 is 0.469 bits per heavy atom. The molecule has 694 valence electrons. The second-order valence-corrected chi connectivity index (χ2v) is 36.1. The topological polar surface area (TPSA) is 430 Å². The fourth-order valence-electron chi connectivity index (χ4n) is 17.2. The van der Waals surface area contributed by atoms with Crippen LogP contribution in [0.4, 0.5) is 0 Å². The van der Waals surface area contributed by atoms with Gasteiger partial charge in [0.1, 0.15) is 65.9 Å². The van der Waals surface area contributed by atoms with Gasteiger partial charge in [-0.25, -0.2) is 0 Å². The minimum Gasteiger partial charge on any atom is -0.508 e. The molecule has 0 radical (unpaired) electrons. The van der Waals surface area contributed by atoms with Gasteiger partial charge in [0.15, 0.2) is 11.6 Å². The second kappa shape index (κ2) is 47.5. The van der Waals surface area contributed by atoms with Crippen LogP contribution in [0.15, 0.2) is 170 Å². The van der Waals surface area contributed by atoms with Crippen LogP contribution >= 0.6 is 11.8 Å². The van der Waals surface area contributed by atoms with Crippen LogP contribution in [0, 0.1) is 17.8 Å². The molecule has 13 amide bonds. The third kappa shape index (κ3) is 27.4. The lowest BCUT2D eigenvalue weighted by Gasteiger charge is -2.38. The number of amides is 13. The molecule has 3 aliphatic rings. The van der Waals surface area contributed by atoms with Crippen molar-refractivity contribution in [3.8, 4) is 11.5 Å². The molecule has 11 N–H and O–H groups in total. The Labute approximate surface area is 763 Å². The fraction of sp³-hybridized carbons (Fsp3) is 0.459. The lowest BCUT2D eigenvalue weighted by molar-refractivity contribution is -0.154. The van der Waals surface area contributed by atoms with Gasteiger partial charge in [0.25, 0.3) is 0 Å². The van der Waals surface area contributed by atoms with E-state index in [1.165, 1.54) is 89.1 Å². The van der Waals surface area contributed by atoms with E-state index in [0.717, 1.165) is 16.7 Å². The van der Waals surface area contributed by atoms with Gasteiger partial charge >= 0.3 is 0 Å². The number of ketones is 2. The summed E-state index contributed by atoms with van der Waals surface area (Å²) in [6, 6.07) is 30.8. The number of likely N-dealkylation sites (N-methyl/N-ethyl adjacent to an activating group) is 4. The zero-order valence-corrected chi connectivity index (χ0v) is 76.3. The number of unbranched alkanes of at least 4 members (excludes halogenated alkanes) is 1. The molecule has 12 atom stereocenters. The van der Waals surface area contributed by atoms with Crippen LogP contribution in [0.2, 0.25) is 0 Å². The fourth-order valence-corrected chi connectivity index (χ4v) is 18.1. The minimum atomic E-state index is -1.56. The summed E-state index contributed by atoms with van der Waals surface area (Å²) in [5, 5.41) is 38.5. The number of Topliss-reactive ketones (excluding diaryl/α,β-unsaturated/α-hetero) is 2. The van der Waals surface area contributed by atoms with E-state index in [1.807, 2.05) is 13.0 Å². The first-order chi connectivity index (χ1) is 62.2. The smallest absolute Gasteiger partial charge is 0.246 e. The van der Waals surface area contributed by atoms with E-state index in [2.05, 4.69) is 36.9 Å². The standard InChI is InChI=1S/C98H124N14O17S/c1-10-11-33-80-97(128)112-47-24-35-81(112)98(129)111-46-23-34-79(111)85(116)55-71(61(4)5)93(124)109(8)82(52-63-27-17-13-18-28-63)92(123)105-76(51-66-38-42-69(114)43-39-66)94(125)107(6)57-87(118)101-75(54-67-56-100-72-32-22-21-31-70(67)72)91(122)104-74(49-65-36-40-68(113)41-37-65)90(121)103-73(48-60(2)3)89(120)106-78(84(115)44-45-86(99)117)58-130-59-88(119)102-77(50-62-25-15-12-16-26-62)95(126)110(9)83(96(127)108(80)7)53-64-29-19-14-20-30-64/h12-22,25-32,36-43,56,60-61,71,73-83,100,113-114H,10-11,23-24,33-35,44-55,57-59H2,1-9H3,(H2,99,117)(H,101,118)(H,102,119)(H,103,121)(H,104,122)(H,105,123)(H,106,120)/t71-,73-,74-,75-,76-,77-,78-,79-,80-,81+,82-,83-/m0/s1. The van der Waals surface area contributed by atoms with Crippen molar-refractivity contribution in [3.63, 3.8) is 0 Å². The van der Waals surface area contributed by atoms with Gasteiger partial charge in [-0.2, -0.15) is 0 Å². The number of phenols is 2. The summed E-state index contributed by atoms with van der Waals surface area (Å²) >= 11 is 0.905. The van der Waals surface area contributed by atoms with Crippen LogP contribution in [-0.4, -0.2) is 259 Å². The molecule has 4 heterocycles. The first-order valence-electron chi connectivity index (χ1n) is 44.8. The van der Waals surface area contributed by atoms with Gasteiger partial charge in [-0.15, -0.1) is 11.8 Å². The summed E-state index contributed by atoms with van der Waals surface area (Å²) in [6.45, 7) is 8.61. The number of nitrogens with two attached hydrogens (primary N) is 1. The molecule has 0 saturated carbocycles. The summed E-state index contributed by atoms with van der Waals surface area (Å²) in [6.07, 6.45) is 2.05. The number of primary amides is 1. The number of nitrogens with one attached hydrogen (secondary N) is 7. The van der Waals surface area contributed by atoms with Crippen molar-refractivity contribution in [2.24, 2.45) is 23.5 Å². The molecule has 32 heteroatoms. The highest BCUT2D eigenvalue weighted by atomic mass is 32.2. The molecule has 3 fully saturated rings. The Morgan fingerprint density at radius 2 is 0.946 bits per heavy atom. The van der Waals surface area contributed by atoms with Crippen LogP contribution in [0.25, 0.3) is 10.9 Å². The summed E-state index contributed by atoms with van der Waals surface area (Å²) in [5.74, 6) is -13.5. The maximum absolute atomic E-state index is 15.8. The zero-order valence-electron chi connectivity index (χ0n) is 75.5. The van der Waals surface area contributed by atoms with Crippen molar-refractivity contribution in [2.75, 3.05) is 59.3 Å². The van der Waals surface area contributed by atoms with Crippen molar-refractivity contribution in [3.05, 3.63) is 203 Å². The van der Waals surface area contributed by atoms with E-state index >= 15 is 52.7 Å². The third-order valence-corrected chi connectivity index (χ3v) is 25.6. The molecule has 130 heavy (non-hydrogen) atoms. The molecule has 6 aromatic carbocycles. The predicted octanol–water partition coefficient (Wildman–Crippen LogP) is 6.21. The van der Waals surface area contributed by atoms with Gasteiger partial charge in [-0.05, 0) is 114 Å². The molecule has 1 aromatic heterocycles. The van der Waals surface area contributed by atoms with Gasteiger partial charge in [-0.1, -0.05) is 181 Å². The summed E-state index contributed by atoms with van der Waals surface area (Å²) in [7, 11) is 5.70. The van der Waals surface area contributed by atoms with Crippen LogP contribution in [0.5, 0.6) is 11.5 Å². The quantitative estimate of drug-likeness (QED) is 0.0360. The molecule has 0 aliphatic carbocycles. The first kappa shape index (κ1) is 99.4. The maximum atomic E-state index is 15.8. The number of para-hydroxylation sites is 1. The van der Waals surface area contributed by atoms with Gasteiger partial charge in [-0.3, -0.25) is 71.9 Å². The van der Waals surface area contributed by atoms with Crippen molar-refractivity contribution in [1.82, 2.24) is 66.3 Å². The maximum Gasteiger partial charge on any atom is 0.246 e. The van der Waals surface area contributed by atoms with Crippen molar-refractivity contribution in [1.29, 1.82) is 0 Å². The van der Waals surface area contributed by atoms with E-state index in [9.17, 15) is 29.4 Å². The second-order valence-electron chi connectivity index (χ2n) is 35.1. The Hall–Kier alpha value is -12.7. The third-order valence-electron chi connectivity index (χ3n) is 24.6. The zero-order chi connectivity index (χ0) is 94.0. The lowest BCUT2D eigenvalue weighted by Crippen LogP contribution is -2.60. The van der Waals surface area contributed by atoms with Gasteiger partial charge in [0.2, 0.25) is 76.8 Å². The number of rotatable bonds is 22. The van der Waals surface area contributed by atoms with Crippen LogP contribution < -0.4 is 37.6 Å². The number of fused-ring (bicyclic) bond motifs is 3. The number of aromatic nitrogens is 1. The van der Waals surface area contributed by atoms with E-state index in [0.29, 0.717) is 70.0 Å². The molecule has 3 saturated heterocycles. The summed E-state index contributed by atoms with van der Waals surface area (Å²) in [5.41, 5.74) is 9.59. The Kier molecular flexibility index (Phi) is 36.4. The Bertz CT molecular complexity index is 5120. The molecule has 0 bridgehead atoms. The number of aromatic amines is 1. The first-order valence-corrected chi connectivity index (χ1v) is 45.9. The number of benzene rings is 6. The van der Waals surface area contributed by atoms with Gasteiger partial charge < -0.3 is 82.2 Å². The largest absolute Gasteiger partial charge is 0.508 e. The van der Waals surface area contributed by atoms with Crippen molar-refractivity contribution >= 4 is 111 Å². The van der Waals surface area contributed by atoms with Crippen molar-refractivity contribution in [2.45, 2.75) is 210 Å². The molecule has 7 aromatic rings. The molecule has 0 unspecified atom stereocenters. The number of hydrogen-bond acceptors (Lipinski definition) is 18. The number of nitrogens with zero attached hydrogens (tertiary/aromatic N) is 6. The number of H-pyrrole nitrogens is 1. The monoisotopic (exact) mass is 1800 g/mol. The van der Waals surface area contributed by atoms with Crippen molar-refractivity contribution < 1.29 is 82.1 Å². The van der Waals surface area contributed by atoms with E-state index in [4.69, 9.17) is 5.73 Å². The summed E-state index contributed by atoms with van der Waals surface area (Å²) < 4.78 is 0. The molecular weight excluding hydrogens is 1680 g/mol. The molecule has 10 rings (SSSR count). The van der Waals surface area contributed by atoms with Gasteiger partial charge in [0, 0.05) is 128 Å². The molecule has 3 aliphatic heterocycles. The minimum absolute atomic E-state index is 0.0469. The number of carbonyl (C=O) groups is 15. The number of aromatic hydroxyl groups is 2. The average molecular weight is 1800 g/mol. The summed E-state index contributed by atoms with van der Waals surface area (Å²) in [4.78, 5) is 237. The average Bonchev–Trinajstić information content (AvgIpc) is 1.61. The van der Waals surface area contributed by atoms with Crippen LogP contribution in [0.1, 0.15) is 139 Å².